The van der Waals surface area contributed by atoms with Gasteiger partial charge in [0.2, 0.25) is 88.6 Å². The lowest BCUT2D eigenvalue weighted by Gasteiger charge is -2.37. The fourth-order valence-corrected chi connectivity index (χ4v) is 18.5. The van der Waals surface area contributed by atoms with Gasteiger partial charge in [0, 0.05) is 94.8 Å². The highest BCUT2D eigenvalue weighted by Gasteiger charge is 2.47. The molecule has 10 rings (SSSR count). The van der Waals surface area contributed by atoms with Crippen LogP contribution >= 0.6 is 23.5 Å². The number of carbonyl (C=O) groups excluding carboxylic acids is 15. The summed E-state index contributed by atoms with van der Waals surface area (Å²) in [4.78, 5) is 248. The first-order valence-electron chi connectivity index (χ1n) is 44.5. The molecule has 35 nitrogen and oxygen atoms in total. The van der Waals surface area contributed by atoms with E-state index in [0.29, 0.717) is 57.1 Å². The third-order valence-electron chi connectivity index (χ3n) is 23.8. The van der Waals surface area contributed by atoms with Crippen molar-refractivity contribution >= 4 is 129 Å². The minimum atomic E-state index is -1.90. The van der Waals surface area contributed by atoms with Crippen LogP contribution in [-0.4, -0.2) is 275 Å². The minimum absolute atomic E-state index is 0.0313. The number of fused-ring (bicyclic) bond motifs is 3. The fraction of sp³-hybridized carbons (Fsp3) is 0.438. The van der Waals surface area contributed by atoms with E-state index in [1.807, 2.05) is 6.92 Å². The molecule has 37 heteroatoms. The van der Waals surface area contributed by atoms with Crippen LogP contribution in [0.25, 0.3) is 10.9 Å². The molecule has 0 bridgehead atoms. The molecule has 0 spiro atoms. The number of carbonyl (C=O) groups is 16. The quantitative estimate of drug-likeness (QED) is 0.0437. The smallest absolute Gasteiger partial charge is 0.305 e. The zero-order chi connectivity index (χ0) is 96.3. The normalized spacial score (nSPS) is 23.5. The number of H-pyrrole nitrogens is 1. The van der Waals surface area contributed by atoms with Crippen LogP contribution in [0.15, 0.2) is 170 Å². The third-order valence-corrected chi connectivity index (χ3v) is 25.9. The van der Waals surface area contributed by atoms with Crippen LogP contribution in [0.5, 0.6) is 11.5 Å². The van der Waals surface area contributed by atoms with Gasteiger partial charge >= 0.3 is 5.97 Å². The van der Waals surface area contributed by atoms with Crippen LogP contribution < -0.4 is 53.6 Å². The number of nitrogens with zero attached hydrogens (tertiary/aromatic N) is 5. The number of likely N-dealkylation sites (N-methyl/N-ethyl adjacent to an activating group) is 3. The van der Waals surface area contributed by atoms with Crippen molar-refractivity contribution in [3.8, 4) is 11.5 Å². The number of hydrogen-bond donors (Lipinski definition) is 14. The Morgan fingerprint density at radius 2 is 0.962 bits per heavy atom. The number of amides is 15. The highest BCUT2D eigenvalue weighted by Crippen LogP contribution is 2.29. The van der Waals surface area contributed by atoms with Crippen molar-refractivity contribution in [2.24, 2.45) is 17.6 Å². The van der Waals surface area contributed by atoms with Crippen LogP contribution in [0.1, 0.15) is 113 Å². The van der Waals surface area contributed by atoms with E-state index >= 15 is 47.9 Å². The Hall–Kier alpha value is -13.3. The summed E-state index contributed by atoms with van der Waals surface area (Å²) in [5.74, 6) is -17.0. The van der Waals surface area contributed by atoms with Crippen LogP contribution in [0.4, 0.5) is 0 Å². The number of aliphatic carboxylic acids is 1. The molecule has 15 N–H and O–H groups in total. The molecule has 0 radical (unpaired) electrons. The SMILES string of the molecule is CCCC[C@H]1C(=O)N2CSC[C@@H]2C(=O)N[C@@H](CC(=O)O)C(=O)N[C@@H](C(C)C)C(=O)N(C)C(Cc2ccccc2)C(=O)N[C@@H](Cc2ccc(O)cc2)C(=O)N2CCC[C@@H]2C(=O)N[C@@H](Cc2c[nH]c3ccccc23)C(=O)N[C@@H](Cc2ccc(O)cc2)C(=O)N[C@@H](CC(C)C)C(=O)N[C@H](C(=O)NCC(N)=O)CSCC(=O)N[C@@H](Cc2ccccc2)C(=O)N(C)[C@@H](Cc2ccccc2)C(=O)N1C. The molecule has 3 fully saturated rings. The molecule has 6 aromatic carbocycles. The lowest BCUT2D eigenvalue weighted by atomic mass is 9.98. The van der Waals surface area contributed by atoms with Crippen LogP contribution in [0.2, 0.25) is 0 Å². The van der Waals surface area contributed by atoms with E-state index in [4.69, 9.17) is 5.73 Å². The van der Waals surface area contributed by atoms with Gasteiger partial charge in [-0.05, 0) is 101 Å². The van der Waals surface area contributed by atoms with Crippen molar-refractivity contribution in [1.82, 2.24) is 77.3 Å². The molecule has 3 aliphatic rings. The standard InChI is InChI=1S/C96H120N16O19S2/c1-9-10-31-76-95(130)112-55-133-53-79(112)91(126)104-71(49-82(117)118)88(123)107-83(57(4)5)96(131)109(7)77(46-59-25-16-12-17-26-59)90(125)105-73(45-62-35-39-65(114)40-36-62)93(128)111-41-22-32-75(111)89(124)103-70(48-63-50-98-67-30-21-20-29-66(63)67)87(122)102-69(43-61-33-37-64(113)38-34-61)86(121)101-68(42-56(2)3)85(120)106-74(84(119)99-51-80(97)115)52-132-54-81(116)100-72(44-58-23-14-11-15-24-58)92(127)110(8)78(94(129)108(76)6)47-60-27-18-13-19-28-60/h11-21,23-30,33-40,50,56-57,68-79,83,98,113-114H,9-10,22,31-32,41-49,51-55H2,1-8H3,(H2,97,115)(H,99,119)(H,100,116)(H,101,121)(H,102,122)(H,103,124)(H,104,126)(H,105,125)(H,106,120)(H,107,123)(H,117,118)/t68-,69-,70-,71-,72-,73-,74-,75+,76-,77?,78-,79+,83-/m0/s1. The van der Waals surface area contributed by atoms with E-state index in [0.717, 1.165) is 16.7 Å². The van der Waals surface area contributed by atoms with Crippen molar-refractivity contribution in [3.63, 3.8) is 0 Å². The van der Waals surface area contributed by atoms with Gasteiger partial charge in [0.15, 0.2) is 0 Å². The molecule has 3 saturated heterocycles. The fourth-order valence-electron chi connectivity index (χ4n) is 16.5. The molecule has 1 unspecified atom stereocenters. The number of thioether (sulfide) groups is 2. The van der Waals surface area contributed by atoms with E-state index in [2.05, 4.69) is 52.8 Å². The number of aromatic nitrogens is 1. The lowest BCUT2D eigenvalue weighted by molar-refractivity contribution is -0.152. The number of rotatable bonds is 23. The highest BCUT2D eigenvalue weighted by atomic mass is 32.2. The molecule has 710 valence electrons. The average Bonchev–Trinajstić information content (AvgIpc) is 1.53. The van der Waals surface area contributed by atoms with Crippen LogP contribution in [0.3, 0.4) is 0 Å². The number of carboxylic acid groups (broad SMARTS) is 1. The summed E-state index contributed by atoms with van der Waals surface area (Å²) in [6, 6.07) is 25.1. The van der Waals surface area contributed by atoms with Gasteiger partial charge in [-0.25, -0.2) is 0 Å². The summed E-state index contributed by atoms with van der Waals surface area (Å²) in [5, 5.41) is 56.5. The zero-order valence-electron chi connectivity index (χ0n) is 75.8. The second-order valence-corrected chi connectivity index (χ2v) is 36.6. The number of carboxylic acids is 1. The first kappa shape index (κ1) is 102. The predicted molar refractivity (Wildman–Crippen MR) is 499 cm³/mol. The number of phenols is 2. The Balaban J connectivity index is 1.05. The number of nitrogens with two attached hydrogens (primary N) is 1. The first-order chi connectivity index (χ1) is 63.5. The van der Waals surface area contributed by atoms with Gasteiger partial charge < -0.3 is 98.4 Å². The number of hydrogen-bond acceptors (Lipinski definition) is 20. The summed E-state index contributed by atoms with van der Waals surface area (Å²) >= 11 is 2.01. The van der Waals surface area contributed by atoms with Gasteiger partial charge in [0.25, 0.3) is 0 Å². The third kappa shape index (κ3) is 28.6. The topological polar surface area (TPSA) is 500 Å². The largest absolute Gasteiger partial charge is 0.508 e. The van der Waals surface area contributed by atoms with E-state index in [1.54, 1.807) is 149 Å². The maximum atomic E-state index is 15.8. The Kier molecular flexibility index (Phi) is 37.3. The van der Waals surface area contributed by atoms with Gasteiger partial charge in [-0.3, -0.25) is 76.7 Å². The van der Waals surface area contributed by atoms with Gasteiger partial charge in [0.05, 0.1) is 24.6 Å². The number of aromatic amines is 1. The van der Waals surface area contributed by atoms with Crippen LogP contribution in [-0.2, 0) is 115 Å². The number of aromatic hydroxyl groups is 2. The average molecular weight is 1870 g/mol. The molecule has 7 aromatic rings. The first-order valence-corrected chi connectivity index (χ1v) is 46.9. The second kappa shape index (κ2) is 48.7. The highest BCUT2D eigenvalue weighted by molar-refractivity contribution is 8.00. The lowest BCUT2D eigenvalue weighted by Crippen LogP contribution is -2.62. The number of para-hydroxylation sites is 1. The van der Waals surface area contributed by atoms with Crippen molar-refractivity contribution in [1.29, 1.82) is 0 Å². The molecule has 4 heterocycles. The summed E-state index contributed by atoms with van der Waals surface area (Å²) in [6.45, 7) is 7.81. The van der Waals surface area contributed by atoms with Crippen molar-refractivity contribution in [2.45, 2.75) is 197 Å². The summed E-state index contributed by atoms with van der Waals surface area (Å²) in [7, 11) is 4.10. The van der Waals surface area contributed by atoms with E-state index in [9.17, 15) is 44.1 Å². The van der Waals surface area contributed by atoms with Gasteiger partial charge in [-0.15, -0.1) is 23.5 Å². The van der Waals surface area contributed by atoms with Gasteiger partial charge in [-0.1, -0.05) is 181 Å². The van der Waals surface area contributed by atoms with Gasteiger partial charge in [0.1, 0.15) is 90.0 Å². The predicted octanol–water partition coefficient (Wildman–Crippen LogP) is 3.30. The molecule has 133 heavy (non-hydrogen) atoms. The molecule has 1 aromatic heterocycles. The Bertz CT molecular complexity index is 5270. The maximum absolute atomic E-state index is 15.8. The Morgan fingerprint density at radius 3 is 1.54 bits per heavy atom. The summed E-state index contributed by atoms with van der Waals surface area (Å²) < 4.78 is 0. The minimum Gasteiger partial charge on any atom is -0.508 e. The maximum Gasteiger partial charge on any atom is 0.305 e. The second-order valence-electron chi connectivity index (χ2n) is 34.6. The molecular formula is C96H120N16O19S2. The number of benzene rings is 6. The Labute approximate surface area is 780 Å². The van der Waals surface area contributed by atoms with Crippen molar-refractivity contribution in [2.75, 3.05) is 57.4 Å². The van der Waals surface area contributed by atoms with E-state index in [-0.39, 0.29) is 106 Å². The zero-order valence-corrected chi connectivity index (χ0v) is 77.4. The van der Waals surface area contributed by atoms with Crippen molar-refractivity contribution in [3.05, 3.63) is 203 Å². The molecule has 0 saturated carbocycles. The molecule has 15 amide bonds. The number of nitrogens with one attached hydrogen (secondary N) is 10. The number of unbranched alkanes of at least 4 members (excludes halogenated alkanes) is 1. The van der Waals surface area contributed by atoms with E-state index in [1.165, 1.54) is 101 Å². The number of phenolic OH excluding ortho intramolecular Hbond substituents is 2. The monoisotopic (exact) mass is 1860 g/mol. The summed E-state index contributed by atoms with van der Waals surface area (Å²) in [6.07, 6.45) is 0.523. The van der Waals surface area contributed by atoms with Crippen molar-refractivity contribution < 1.29 is 92.0 Å². The van der Waals surface area contributed by atoms with E-state index < -0.39 is 198 Å². The molecule has 0 aliphatic carbocycles. The van der Waals surface area contributed by atoms with Gasteiger partial charge in [-0.2, -0.15) is 0 Å². The molecule has 13 atom stereocenters. The van der Waals surface area contributed by atoms with Crippen LogP contribution in [0, 0.1) is 11.8 Å². The molecular weight excluding hydrogens is 1750 g/mol. The number of primary amides is 1. The Morgan fingerprint density at radius 1 is 0.474 bits per heavy atom. The summed E-state index contributed by atoms with van der Waals surface area (Å²) in [5.41, 5.74) is 9.24. The molecule has 3 aliphatic heterocycles.